The van der Waals surface area contributed by atoms with E-state index in [9.17, 15) is 0 Å². The largest absolute Gasteiger partial charge is 0.311 e. The third-order valence-corrected chi connectivity index (χ3v) is 4.13. The number of hydrogen-bond acceptors (Lipinski definition) is 5. The van der Waals surface area contributed by atoms with Crippen molar-refractivity contribution in [2.45, 2.75) is 39.9 Å². The van der Waals surface area contributed by atoms with Gasteiger partial charge in [0.1, 0.15) is 0 Å². The van der Waals surface area contributed by atoms with E-state index < -0.39 is 0 Å². The lowest BCUT2D eigenvalue weighted by molar-refractivity contribution is 0.101. The highest BCUT2D eigenvalue weighted by molar-refractivity contribution is 4.91. The number of aromatic nitrogens is 3. The maximum absolute atomic E-state index is 4.23. The smallest absolute Gasteiger partial charge is 0.0964 e. The van der Waals surface area contributed by atoms with Gasteiger partial charge in [0.15, 0.2) is 0 Å². The molecule has 6 nitrogen and oxygen atoms in total. The molecule has 2 heterocycles. The number of likely N-dealkylation sites (N-methyl/N-ethyl adjacent to an activating group) is 1. The molecule has 0 bridgehead atoms. The van der Waals surface area contributed by atoms with Gasteiger partial charge in [-0.05, 0) is 26.4 Å². The van der Waals surface area contributed by atoms with E-state index in [0.29, 0.717) is 12.0 Å². The monoisotopic (exact) mass is 294 g/mol. The number of rotatable bonds is 7. The molecule has 6 heteroatoms. The summed E-state index contributed by atoms with van der Waals surface area (Å²) in [5.41, 5.74) is 1.03. The molecule has 0 saturated carbocycles. The quantitative estimate of drug-likeness (QED) is 0.800. The molecular weight excluding hydrogens is 264 g/mol. The highest BCUT2D eigenvalue weighted by Gasteiger charge is 2.20. The summed E-state index contributed by atoms with van der Waals surface area (Å²) in [5, 5.41) is 11.8. The van der Waals surface area contributed by atoms with Crippen molar-refractivity contribution in [1.29, 1.82) is 0 Å². The average Bonchev–Trinajstić information content (AvgIpc) is 2.88. The normalized spacial score (nSPS) is 21.3. The summed E-state index contributed by atoms with van der Waals surface area (Å²) in [6, 6.07) is 0.644. The van der Waals surface area contributed by atoms with Crippen molar-refractivity contribution in [3.8, 4) is 0 Å². The number of hydrogen-bond donors (Lipinski definition) is 1. The third-order valence-electron chi connectivity index (χ3n) is 4.13. The zero-order valence-electron chi connectivity index (χ0n) is 13.9. The maximum atomic E-state index is 4.23. The second kappa shape index (κ2) is 7.87. The van der Waals surface area contributed by atoms with Gasteiger partial charge in [-0.15, -0.1) is 5.10 Å². The molecule has 1 aromatic heterocycles. The predicted molar refractivity (Wildman–Crippen MR) is 85.1 cm³/mol. The minimum absolute atomic E-state index is 0.644. The van der Waals surface area contributed by atoms with E-state index in [0.717, 1.165) is 51.5 Å². The summed E-state index contributed by atoms with van der Waals surface area (Å²) in [7, 11) is 2.20. The maximum Gasteiger partial charge on any atom is 0.0964 e. The number of piperazine rings is 1. The summed E-state index contributed by atoms with van der Waals surface area (Å²) in [4.78, 5) is 4.94. The van der Waals surface area contributed by atoms with Gasteiger partial charge in [0.25, 0.3) is 0 Å². The fourth-order valence-electron chi connectivity index (χ4n) is 2.59. The van der Waals surface area contributed by atoms with Crippen molar-refractivity contribution in [1.82, 2.24) is 30.1 Å². The van der Waals surface area contributed by atoms with Crippen LogP contribution in [0.4, 0.5) is 0 Å². The van der Waals surface area contributed by atoms with Gasteiger partial charge in [-0.25, -0.2) is 0 Å². The molecule has 1 fully saturated rings. The Hall–Kier alpha value is -0.980. The Morgan fingerprint density at radius 1 is 1.33 bits per heavy atom. The van der Waals surface area contributed by atoms with Gasteiger partial charge >= 0.3 is 0 Å². The molecule has 0 radical (unpaired) electrons. The van der Waals surface area contributed by atoms with E-state index in [4.69, 9.17) is 0 Å². The third kappa shape index (κ3) is 5.37. The minimum atomic E-state index is 0.644. The van der Waals surface area contributed by atoms with E-state index in [1.54, 1.807) is 0 Å². The summed E-state index contributed by atoms with van der Waals surface area (Å²) >= 11 is 0. The zero-order chi connectivity index (χ0) is 15.2. The minimum Gasteiger partial charge on any atom is -0.311 e. The van der Waals surface area contributed by atoms with Crippen LogP contribution in [-0.2, 0) is 13.1 Å². The van der Waals surface area contributed by atoms with E-state index >= 15 is 0 Å². The molecule has 1 saturated heterocycles. The SMILES string of the molecule is CC(C)CNCc1cn(CCN2CCN(C)C(C)C2)nn1. The van der Waals surface area contributed by atoms with Crippen LogP contribution in [0, 0.1) is 5.92 Å². The zero-order valence-corrected chi connectivity index (χ0v) is 13.9. The van der Waals surface area contributed by atoms with Gasteiger partial charge in [-0.2, -0.15) is 0 Å². The van der Waals surface area contributed by atoms with Crippen molar-refractivity contribution < 1.29 is 0 Å². The van der Waals surface area contributed by atoms with Gasteiger partial charge < -0.3 is 10.2 Å². The first kappa shape index (κ1) is 16.4. The highest BCUT2D eigenvalue weighted by atomic mass is 15.4. The standard InChI is InChI=1S/C15H30N6/c1-13(2)9-16-10-15-12-21(18-17-15)8-7-20-6-5-19(4)14(3)11-20/h12-14,16H,5-11H2,1-4H3. The molecule has 0 aliphatic carbocycles. The lowest BCUT2D eigenvalue weighted by Gasteiger charge is -2.37. The van der Waals surface area contributed by atoms with E-state index in [1.165, 1.54) is 0 Å². The van der Waals surface area contributed by atoms with Crippen molar-refractivity contribution in [3.63, 3.8) is 0 Å². The average molecular weight is 294 g/mol. The van der Waals surface area contributed by atoms with Gasteiger partial charge in [0, 0.05) is 45.0 Å². The van der Waals surface area contributed by atoms with Crippen LogP contribution in [0.25, 0.3) is 0 Å². The van der Waals surface area contributed by atoms with E-state index in [2.05, 4.69) is 59.4 Å². The van der Waals surface area contributed by atoms with Gasteiger partial charge in [-0.1, -0.05) is 19.1 Å². The van der Waals surface area contributed by atoms with Gasteiger partial charge in [0.05, 0.1) is 12.2 Å². The lowest BCUT2D eigenvalue weighted by atomic mass is 10.2. The molecule has 1 aliphatic rings. The fourth-order valence-corrected chi connectivity index (χ4v) is 2.59. The highest BCUT2D eigenvalue weighted by Crippen LogP contribution is 2.06. The van der Waals surface area contributed by atoms with Crippen LogP contribution in [0.15, 0.2) is 6.20 Å². The van der Waals surface area contributed by atoms with Crippen LogP contribution >= 0.6 is 0 Å². The second-order valence-corrected chi connectivity index (χ2v) is 6.63. The summed E-state index contributed by atoms with van der Waals surface area (Å²) in [5.74, 6) is 0.666. The Balaban J connectivity index is 1.70. The van der Waals surface area contributed by atoms with Crippen LogP contribution in [0.1, 0.15) is 26.5 Å². The molecule has 2 rings (SSSR count). The first-order chi connectivity index (χ1) is 10.0. The Labute approximate surface area is 128 Å². The molecule has 1 aliphatic heterocycles. The number of nitrogens with zero attached hydrogens (tertiary/aromatic N) is 5. The van der Waals surface area contributed by atoms with Crippen molar-refractivity contribution in [2.75, 3.05) is 39.8 Å². The molecule has 0 amide bonds. The second-order valence-electron chi connectivity index (χ2n) is 6.63. The summed E-state index contributed by atoms with van der Waals surface area (Å²) in [6.07, 6.45) is 2.06. The molecule has 1 unspecified atom stereocenters. The van der Waals surface area contributed by atoms with Crippen LogP contribution in [0.5, 0.6) is 0 Å². The summed E-state index contributed by atoms with van der Waals surface area (Å²) < 4.78 is 1.97. The Morgan fingerprint density at radius 2 is 2.14 bits per heavy atom. The molecule has 120 valence electrons. The Bertz CT molecular complexity index is 416. The van der Waals surface area contributed by atoms with Crippen molar-refractivity contribution >= 4 is 0 Å². The van der Waals surface area contributed by atoms with Crippen LogP contribution in [0.3, 0.4) is 0 Å². The van der Waals surface area contributed by atoms with E-state index in [-0.39, 0.29) is 0 Å². The first-order valence-corrected chi connectivity index (χ1v) is 8.07. The molecule has 1 atom stereocenters. The summed E-state index contributed by atoms with van der Waals surface area (Å²) in [6.45, 7) is 14.0. The molecule has 0 aromatic carbocycles. The molecule has 21 heavy (non-hydrogen) atoms. The van der Waals surface area contributed by atoms with E-state index in [1.807, 2.05) is 4.68 Å². The van der Waals surface area contributed by atoms with Crippen LogP contribution < -0.4 is 5.32 Å². The van der Waals surface area contributed by atoms with Crippen LogP contribution in [-0.4, -0.2) is 70.6 Å². The Morgan fingerprint density at radius 3 is 2.86 bits per heavy atom. The fraction of sp³-hybridized carbons (Fsp3) is 0.867. The molecule has 1 aromatic rings. The topological polar surface area (TPSA) is 49.2 Å². The number of nitrogens with one attached hydrogen (secondary N) is 1. The van der Waals surface area contributed by atoms with Crippen LogP contribution in [0.2, 0.25) is 0 Å². The first-order valence-electron chi connectivity index (χ1n) is 8.07. The van der Waals surface area contributed by atoms with Crippen molar-refractivity contribution in [3.05, 3.63) is 11.9 Å². The molecule has 1 N–H and O–H groups in total. The predicted octanol–water partition coefficient (Wildman–Crippen LogP) is 0.660. The molecule has 0 spiro atoms. The lowest BCUT2D eigenvalue weighted by Crippen LogP contribution is -2.50. The van der Waals surface area contributed by atoms with Crippen molar-refractivity contribution in [2.24, 2.45) is 5.92 Å². The Kier molecular flexibility index (Phi) is 6.14. The van der Waals surface area contributed by atoms with Gasteiger partial charge in [0.2, 0.25) is 0 Å². The molecular formula is C15H30N6. The van der Waals surface area contributed by atoms with Gasteiger partial charge in [-0.3, -0.25) is 9.58 Å².